The van der Waals surface area contributed by atoms with Gasteiger partial charge in [0.05, 0.1) is 15.6 Å². The third-order valence-electron chi connectivity index (χ3n) is 4.26. The molecule has 0 unspecified atom stereocenters. The summed E-state index contributed by atoms with van der Waals surface area (Å²) in [5.41, 5.74) is 1.43. The molecule has 1 aliphatic rings. The summed E-state index contributed by atoms with van der Waals surface area (Å²) >= 11 is 7.41. The molecule has 27 heavy (non-hydrogen) atoms. The number of nitrogens with zero attached hydrogens (tertiary/aromatic N) is 1. The van der Waals surface area contributed by atoms with E-state index in [0.717, 1.165) is 12.0 Å². The van der Waals surface area contributed by atoms with Crippen LogP contribution in [-0.2, 0) is 14.3 Å². The van der Waals surface area contributed by atoms with E-state index in [0.29, 0.717) is 28.6 Å². The van der Waals surface area contributed by atoms with Crippen LogP contribution in [0, 0.1) is 6.92 Å². The minimum atomic E-state index is -0.657. The van der Waals surface area contributed by atoms with Crippen molar-refractivity contribution >= 4 is 46.4 Å². The van der Waals surface area contributed by atoms with Crippen LogP contribution in [0.5, 0.6) is 0 Å². The number of hydrogen-bond donors (Lipinski definition) is 1. The smallest absolute Gasteiger partial charge is 0.329 e. The van der Waals surface area contributed by atoms with E-state index < -0.39 is 24.5 Å². The molecule has 2 aromatic rings. The van der Waals surface area contributed by atoms with Crippen LogP contribution >= 0.6 is 22.9 Å². The minimum absolute atomic E-state index is 0.180. The van der Waals surface area contributed by atoms with E-state index in [4.69, 9.17) is 16.3 Å². The Labute approximate surface area is 166 Å². The number of carbonyl (C=O) groups excluding carboxylic acids is 3. The van der Waals surface area contributed by atoms with Crippen molar-refractivity contribution in [2.45, 2.75) is 25.8 Å². The number of carbonyl (C=O) groups is 3. The molecule has 142 valence electrons. The molecular weight excluding hydrogens is 388 g/mol. The quantitative estimate of drug-likeness (QED) is 0.771. The molecular formula is C19H19ClN2O4S. The van der Waals surface area contributed by atoms with E-state index in [1.807, 2.05) is 18.4 Å². The van der Waals surface area contributed by atoms with Crippen LogP contribution in [0.3, 0.4) is 0 Å². The first kappa shape index (κ1) is 19.4. The van der Waals surface area contributed by atoms with Crippen LogP contribution in [0.4, 0.5) is 5.69 Å². The fraction of sp³-hybridized carbons (Fsp3) is 0.316. The number of nitrogens with one attached hydrogen (secondary N) is 1. The number of halogens is 1. The SMILES string of the molecule is Cc1ccc(NC(=O)COC(=O)[C@@H]2CCCN2C(=O)c2cccs2)c(Cl)c1. The second-order valence-electron chi connectivity index (χ2n) is 6.27. The summed E-state index contributed by atoms with van der Waals surface area (Å²) in [4.78, 5) is 39.0. The second-order valence-corrected chi connectivity index (χ2v) is 7.63. The molecule has 6 nitrogen and oxygen atoms in total. The number of likely N-dealkylation sites (tertiary alicyclic amines) is 1. The number of amides is 2. The van der Waals surface area contributed by atoms with Gasteiger partial charge in [0.1, 0.15) is 6.04 Å². The van der Waals surface area contributed by atoms with Gasteiger partial charge in [-0.05, 0) is 48.9 Å². The summed E-state index contributed by atoms with van der Waals surface area (Å²) in [6.07, 6.45) is 1.25. The van der Waals surface area contributed by atoms with Crippen molar-refractivity contribution in [2.75, 3.05) is 18.5 Å². The van der Waals surface area contributed by atoms with Gasteiger partial charge in [0.15, 0.2) is 6.61 Å². The van der Waals surface area contributed by atoms with Crippen LogP contribution in [0.15, 0.2) is 35.7 Å². The van der Waals surface area contributed by atoms with Gasteiger partial charge >= 0.3 is 5.97 Å². The average Bonchev–Trinajstić information content (AvgIpc) is 3.33. The Morgan fingerprint density at radius 1 is 1.33 bits per heavy atom. The van der Waals surface area contributed by atoms with Gasteiger partial charge in [0.25, 0.3) is 11.8 Å². The van der Waals surface area contributed by atoms with Gasteiger partial charge in [-0.1, -0.05) is 23.7 Å². The van der Waals surface area contributed by atoms with Gasteiger partial charge in [-0.3, -0.25) is 9.59 Å². The Bertz CT molecular complexity index is 853. The third-order valence-corrected chi connectivity index (χ3v) is 5.43. The lowest BCUT2D eigenvalue weighted by molar-refractivity contribution is -0.151. The van der Waals surface area contributed by atoms with Crippen molar-refractivity contribution in [1.29, 1.82) is 0 Å². The summed E-state index contributed by atoms with van der Waals surface area (Å²) in [5, 5.41) is 4.84. The number of hydrogen-bond acceptors (Lipinski definition) is 5. The van der Waals surface area contributed by atoms with Crippen LogP contribution in [0.25, 0.3) is 0 Å². The zero-order valence-electron chi connectivity index (χ0n) is 14.7. The van der Waals surface area contributed by atoms with Crippen LogP contribution in [0.2, 0.25) is 5.02 Å². The highest BCUT2D eigenvalue weighted by atomic mass is 35.5. The van der Waals surface area contributed by atoms with Crippen molar-refractivity contribution in [3.05, 3.63) is 51.2 Å². The summed E-state index contributed by atoms with van der Waals surface area (Å²) in [7, 11) is 0. The van der Waals surface area contributed by atoms with Gasteiger partial charge in [-0.25, -0.2) is 4.79 Å². The van der Waals surface area contributed by atoms with E-state index in [-0.39, 0.29) is 5.91 Å². The molecule has 3 rings (SSSR count). The lowest BCUT2D eigenvalue weighted by Gasteiger charge is -2.22. The Kier molecular flexibility index (Phi) is 6.13. The van der Waals surface area contributed by atoms with E-state index in [9.17, 15) is 14.4 Å². The summed E-state index contributed by atoms with van der Waals surface area (Å²) < 4.78 is 5.14. The van der Waals surface area contributed by atoms with Crippen LogP contribution < -0.4 is 5.32 Å². The number of rotatable bonds is 5. The highest BCUT2D eigenvalue weighted by Gasteiger charge is 2.36. The fourth-order valence-electron chi connectivity index (χ4n) is 2.94. The Morgan fingerprint density at radius 3 is 2.85 bits per heavy atom. The molecule has 1 N–H and O–H groups in total. The first-order valence-corrected chi connectivity index (χ1v) is 9.78. The van der Waals surface area contributed by atoms with Crippen LogP contribution in [-0.4, -0.2) is 41.9 Å². The van der Waals surface area contributed by atoms with Crippen molar-refractivity contribution in [2.24, 2.45) is 0 Å². The fourth-order valence-corrected chi connectivity index (χ4v) is 3.90. The molecule has 2 amide bonds. The van der Waals surface area contributed by atoms with Crippen molar-refractivity contribution in [3.8, 4) is 0 Å². The largest absolute Gasteiger partial charge is 0.454 e. The number of ether oxygens (including phenoxy) is 1. The average molecular weight is 407 g/mol. The zero-order chi connectivity index (χ0) is 19.4. The minimum Gasteiger partial charge on any atom is -0.454 e. The molecule has 1 fully saturated rings. The normalized spacial score (nSPS) is 16.2. The maximum atomic E-state index is 12.5. The topological polar surface area (TPSA) is 75.7 Å². The van der Waals surface area contributed by atoms with Gasteiger partial charge in [-0.2, -0.15) is 0 Å². The zero-order valence-corrected chi connectivity index (χ0v) is 16.3. The molecule has 0 radical (unpaired) electrons. The maximum Gasteiger partial charge on any atom is 0.329 e. The van der Waals surface area contributed by atoms with Gasteiger partial charge in [0, 0.05) is 6.54 Å². The Balaban J connectivity index is 1.55. The Hall–Kier alpha value is -2.38. The molecule has 1 aromatic carbocycles. The van der Waals surface area contributed by atoms with Crippen molar-refractivity contribution in [1.82, 2.24) is 4.90 Å². The van der Waals surface area contributed by atoms with Gasteiger partial charge in [0.2, 0.25) is 0 Å². The lowest BCUT2D eigenvalue weighted by Crippen LogP contribution is -2.41. The second kappa shape index (κ2) is 8.54. The molecule has 0 aliphatic carbocycles. The standard InChI is InChI=1S/C19H19ClN2O4S/c1-12-6-7-14(13(20)10-12)21-17(23)11-26-19(25)15-4-2-8-22(15)18(24)16-5-3-9-27-16/h3,5-7,9-10,15H,2,4,8,11H2,1H3,(H,21,23)/t15-/m0/s1. The van der Waals surface area contributed by atoms with E-state index in [2.05, 4.69) is 5.32 Å². The molecule has 1 aliphatic heterocycles. The first-order valence-electron chi connectivity index (χ1n) is 8.53. The molecule has 8 heteroatoms. The maximum absolute atomic E-state index is 12.5. The van der Waals surface area contributed by atoms with E-state index >= 15 is 0 Å². The van der Waals surface area contributed by atoms with Crippen molar-refractivity contribution in [3.63, 3.8) is 0 Å². The predicted octanol–water partition coefficient (Wildman–Crippen LogP) is 3.50. The number of anilines is 1. The number of benzene rings is 1. The summed E-state index contributed by atoms with van der Waals surface area (Å²) in [5.74, 6) is -1.23. The molecule has 1 aromatic heterocycles. The predicted molar refractivity (Wildman–Crippen MR) is 104 cm³/mol. The molecule has 2 heterocycles. The molecule has 1 atom stereocenters. The highest BCUT2D eigenvalue weighted by molar-refractivity contribution is 7.12. The lowest BCUT2D eigenvalue weighted by atomic mass is 10.2. The van der Waals surface area contributed by atoms with Gasteiger partial charge < -0.3 is 15.0 Å². The van der Waals surface area contributed by atoms with Gasteiger partial charge in [-0.15, -0.1) is 11.3 Å². The summed E-state index contributed by atoms with van der Waals surface area (Å²) in [6, 6.07) is 8.11. The first-order chi connectivity index (χ1) is 13.0. The highest BCUT2D eigenvalue weighted by Crippen LogP contribution is 2.24. The summed E-state index contributed by atoms with van der Waals surface area (Å²) in [6.45, 7) is 1.96. The third kappa shape index (κ3) is 4.67. The Morgan fingerprint density at radius 2 is 2.15 bits per heavy atom. The van der Waals surface area contributed by atoms with E-state index in [1.165, 1.54) is 16.2 Å². The molecule has 0 spiro atoms. The molecule has 1 saturated heterocycles. The number of esters is 1. The molecule has 0 bridgehead atoms. The van der Waals surface area contributed by atoms with E-state index in [1.54, 1.807) is 24.3 Å². The number of aryl methyl sites for hydroxylation is 1. The number of thiophene rings is 1. The van der Waals surface area contributed by atoms with Crippen molar-refractivity contribution < 1.29 is 19.1 Å². The van der Waals surface area contributed by atoms with Crippen LogP contribution in [0.1, 0.15) is 28.1 Å². The monoisotopic (exact) mass is 406 g/mol. The molecule has 0 saturated carbocycles.